The maximum atomic E-state index is 4.77. The normalized spacial score (nSPS) is 16.1. The fourth-order valence-electron chi connectivity index (χ4n) is 3.93. The minimum absolute atomic E-state index is 0.875. The number of nitrogens with zero attached hydrogens (tertiary/aromatic N) is 3. The van der Waals surface area contributed by atoms with Crippen LogP contribution in [0.1, 0.15) is 37.8 Å². The monoisotopic (exact) mass is 422 g/mol. The van der Waals surface area contributed by atoms with Crippen LogP contribution in [0.25, 0.3) is 20.4 Å². The highest BCUT2D eigenvalue weighted by atomic mass is 32.1. The van der Waals surface area contributed by atoms with Crippen LogP contribution in [0.2, 0.25) is 0 Å². The molecule has 1 N–H and O–H groups in total. The maximum Gasteiger partial charge on any atom is 0.190 e. The maximum absolute atomic E-state index is 4.77. The van der Waals surface area contributed by atoms with Crippen molar-refractivity contribution in [1.29, 1.82) is 0 Å². The van der Waals surface area contributed by atoms with Gasteiger partial charge in [-0.3, -0.25) is 4.90 Å². The van der Waals surface area contributed by atoms with Crippen molar-refractivity contribution < 1.29 is 0 Å². The Morgan fingerprint density at radius 3 is 2.14 bits per heavy atom. The Morgan fingerprint density at radius 1 is 0.931 bits per heavy atom. The zero-order chi connectivity index (χ0) is 19.8. The van der Waals surface area contributed by atoms with Gasteiger partial charge < -0.3 is 5.32 Å². The van der Waals surface area contributed by atoms with Gasteiger partial charge in [-0.2, -0.15) is 0 Å². The smallest absolute Gasteiger partial charge is 0.190 e. The van der Waals surface area contributed by atoms with Crippen LogP contribution in [0.5, 0.6) is 0 Å². The van der Waals surface area contributed by atoms with Crippen LogP contribution in [0.3, 0.4) is 0 Å². The van der Waals surface area contributed by atoms with Crippen molar-refractivity contribution in [3.63, 3.8) is 0 Å². The predicted octanol–water partition coefficient (Wildman–Crippen LogP) is 6.44. The van der Waals surface area contributed by atoms with Crippen LogP contribution < -0.4 is 5.32 Å². The van der Waals surface area contributed by atoms with Gasteiger partial charge in [0.25, 0.3) is 0 Å². The van der Waals surface area contributed by atoms with Gasteiger partial charge in [-0.25, -0.2) is 9.97 Å². The molecule has 3 heterocycles. The molecular weight excluding hydrogens is 396 g/mol. The quantitative estimate of drug-likeness (QED) is 0.401. The first kappa shape index (κ1) is 19.0. The third-order valence-corrected chi connectivity index (χ3v) is 7.68. The number of aromatic nitrogens is 2. The largest absolute Gasteiger partial charge is 0.307 e. The number of hydrogen-bond acceptors (Lipinski definition) is 6. The molecule has 0 spiro atoms. The summed E-state index contributed by atoms with van der Waals surface area (Å²) in [4.78, 5) is 12.1. The van der Waals surface area contributed by atoms with E-state index in [9.17, 15) is 0 Å². The van der Waals surface area contributed by atoms with E-state index in [1.54, 1.807) is 22.7 Å². The van der Waals surface area contributed by atoms with Crippen LogP contribution in [0, 0.1) is 5.92 Å². The summed E-state index contributed by atoms with van der Waals surface area (Å²) in [6.07, 6.45) is 3.69. The number of anilines is 2. The van der Waals surface area contributed by atoms with Crippen molar-refractivity contribution in [3.05, 3.63) is 47.5 Å². The number of piperidine rings is 1. The average molecular weight is 423 g/mol. The summed E-state index contributed by atoms with van der Waals surface area (Å²) in [5.74, 6) is 0.875. The van der Waals surface area contributed by atoms with Crippen LogP contribution >= 0.6 is 22.7 Å². The third-order valence-electron chi connectivity index (χ3n) is 5.81. The predicted molar refractivity (Wildman–Crippen MR) is 126 cm³/mol. The van der Waals surface area contributed by atoms with Gasteiger partial charge in [0.1, 0.15) is 0 Å². The standard InChI is InChI=1S/C23H26N4S2/c1-3-16-4-6-18-20(12-16)28-22(24-18)26-23-25-19-7-5-17(13-21(19)29-23)14-27-10-8-15(2)9-11-27/h4-7,12-13,15H,3,8-11,14H2,1-2H3,(H,24,25,26). The summed E-state index contributed by atoms with van der Waals surface area (Å²) in [5, 5.41) is 5.26. The topological polar surface area (TPSA) is 41.1 Å². The molecule has 4 nitrogen and oxygen atoms in total. The van der Waals surface area contributed by atoms with E-state index in [1.807, 2.05) is 0 Å². The van der Waals surface area contributed by atoms with Crippen molar-refractivity contribution in [2.45, 2.75) is 39.7 Å². The van der Waals surface area contributed by atoms with Crippen molar-refractivity contribution in [1.82, 2.24) is 14.9 Å². The Balaban J connectivity index is 1.33. The summed E-state index contributed by atoms with van der Waals surface area (Å²) in [6.45, 7) is 8.02. The highest BCUT2D eigenvalue weighted by Gasteiger charge is 2.16. The molecule has 0 unspecified atom stereocenters. The number of nitrogens with one attached hydrogen (secondary N) is 1. The number of aryl methyl sites for hydroxylation is 1. The number of benzene rings is 2. The van der Waals surface area contributed by atoms with Crippen molar-refractivity contribution in [2.75, 3.05) is 18.4 Å². The molecule has 2 aromatic carbocycles. The lowest BCUT2D eigenvalue weighted by atomic mass is 9.99. The fraction of sp³-hybridized carbons (Fsp3) is 0.391. The molecule has 0 radical (unpaired) electrons. The molecule has 1 fully saturated rings. The second-order valence-electron chi connectivity index (χ2n) is 8.08. The molecule has 1 aliphatic heterocycles. The van der Waals surface area contributed by atoms with E-state index in [1.165, 1.54) is 46.5 Å². The number of thiazole rings is 2. The lowest BCUT2D eigenvalue weighted by Gasteiger charge is -2.30. The van der Waals surface area contributed by atoms with E-state index < -0.39 is 0 Å². The Labute approximate surface area is 179 Å². The molecule has 0 bridgehead atoms. The lowest BCUT2D eigenvalue weighted by Crippen LogP contribution is -2.32. The number of likely N-dealkylation sites (tertiary alicyclic amines) is 1. The summed E-state index contributed by atoms with van der Waals surface area (Å²) in [7, 11) is 0. The minimum Gasteiger partial charge on any atom is -0.307 e. The molecule has 4 aromatic rings. The fourth-order valence-corrected chi connectivity index (χ4v) is 5.85. The van der Waals surface area contributed by atoms with E-state index >= 15 is 0 Å². The zero-order valence-electron chi connectivity index (χ0n) is 16.9. The number of rotatable bonds is 5. The molecule has 29 heavy (non-hydrogen) atoms. The second kappa shape index (κ2) is 8.01. The molecule has 0 aliphatic carbocycles. The van der Waals surface area contributed by atoms with Crippen LogP contribution in [-0.2, 0) is 13.0 Å². The van der Waals surface area contributed by atoms with Crippen LogP contribution in [0.15, 0.2) is 36.4 Å². The van der Waals surface area contributed by atoms with E-state index in [0.29, 0.717) is 0 Å². The van der Waals surface area contributed by atoms with Crippen LogP contribution in [-0.4, -0.2) is 28.0 Å². The molecule has 1 aliphatic rings. The van der Waals surface area contributed by atoms with Gasteiger partial charge in [-0.1, -0.05) is 48.7 Å². The Hall–Kier alpha value is -2.02. The molecule has 6 heteroatoms. The molecule has 150 valence electrons. The van der Waals surface area contributed by atoms with E-state index in [2.05, 4.69) is 60.5 Å². The van der Waals surface area contributed by atoms with E-state index in [4.69, 9.17) is 9.97 Å². The molecule has 0 amide bonds. The molecular formula is C23H26N4S2. The number of hydrogen-bond donors (Lipinski definition) is 1. The van der Waals surface area contributed by atoms with E-state index in [0.717, 1.165) is 40.2 Å². The minimum atomic E-state index is 0.875. The third kappa shape index (κ3) is 4.15. The molecule has 5 rings (SSSR count). The number of fused-ring (bicyclic) bond motifs is 2. The van der Waals surface area contributed by atoms with E-state index in [-0.39, 0.29) is 0 Å². The van der Waals surface area contributed by atoms with Gasteiger partial charge in [0, 0.05) is 6.54 Å². The summed E-state index contributed by atoms with van der Waals surface area (Å²) in [5.41, 5.74) is 4.84. The first-order chi connectivity index (χ1) is 14.2. The molecule has 1 saturated heterocycles. The molecule has 2 aromatic heterocycles. The van der Waals surface area contributed by atoms with Gasteiger partial charge >= 0.3 is 0 Å². The molecule has 0 saturated carbocycles. The Morgan fingerprint density at radius 2 is 1.52 bits per heavy atom. The van der Waals surface area contributed by atoms with Crippen LogP contribution in [0.4, 0.5) is 10.3 Å². The lowest BCUT2D eigenvalue weighted by molar-refractivity contribution is 0.185. The Bertz CT molecular complexity index is 1140. The first-order valence-corrected chi connectivity index (χ1v) is 12.1. The SMILES string of the molecule is CCc1ccc2nc(Nc3nc4ccc(CN5CCC(C)CC5)cc4s3)sc2c1. The molecule has 0 atom stereocenters. The average Bonchev–Trinajstić information content (AvgIpc) is 3.31. The zero-order valence-corrected chi connectivity index (χ0v) is 18.6. The first-order valence-electron chi connectivity index (χ1n) is 10.4. The second-order valence-corrected chi connectivity index (χ2v) is 10.1. The van der Waals surface area contributed by atoms with Gasteiger partial charge in [0.05, 0.1) is 20.4 Å². The summed E-state index contributed by atoms with van der Waals surface area (Å²) in [6, 6.07) is 13.2. The van der Waals surface area contributed by atoms with Crippen molar-refractivity contribution >= 4 is 53.4 Å². The van der Waals surface area contributed by atoms with Gasteiger partial charge in [-0.15, -0.1) is 0 Å². The van der Waals surface area contributed by atoms with Crippen molar-refractivity contribution in [2.24, 2.45) is 5.92 Å². The van der Waals surface area contributed by atoms with Gasteiger partial charge in [0.2, 0.25) is 0 Å². The Kier molecular flexibility index (Phi) is 5.24. The summed E-state index contributed by atoms with van der Waals surface area (Å²) >= 11 is 3.41. The highest BCUT2D eigenvalue weighted by molar-refractivity contribution is 7.24. The summed E-state index contributed by atoms with van der Waals surface area (Å²) < 4.78 is 2.47. The van der Waals surface area contributed by atoms with Gasteiger partial charge in [0.15, 0.2) is 10.3 Å². The van der Waals surface area contributed by atoms with Gasteiger partial charge in [-0.05, 0) is 73.7 Å². The highest BCUT2D eigenvalue weighted by Crippen LogP contribution is 2.33. The van der Waals surface area contributed by atoms with Crippen molar-refractivity contribution in [3.8, 4) is 0 Å².